The first kappa shape index (κ1) is 13.1. The summed E-state index contributed by atoms with van der Waals surface area (Å²) in [6.07, 6.45) is 7.18. The van der Waals surface area contributed by atoms with E-state index in [1.807, 2.05) is 25.4 Å². The summed E-state index contributed by atoms with van der Waals surface area (Å²) in [5, 5.41) is 7.63. The minimum Gasteiger partial charge on any atom is -0.360 e. The fraction of sp³-hybridized carbons (Fsp3) is 0.214. The van der Waals surface area contributed by atoms with Crippen molar-refractivity contribution in [2.75, 3.05) is 5.32 Å². The molecule has 3 heterocycles. The van der Waals surface area contributed by atoms with Gasteiger partial charge < -0.3 is 5.32 Å². The Kier molecular flexibility index (Phi) is 3.40. The van der Waals surface area contributed by atoms with E-state index in [1.165, 1.54) is 0 Å². The molecule has 0 amide bonds. The van der Waals surface area contributed by atoms with Gasteiger partial charge in [-0.2, -0.15) is 5.10 Å². The molecule has 3 rings (SSSR count). The van der Waals surface area contributed by atoms with Crippen LogP contribution >= 0.6 is 15.9 Å². The number of pyridine rings is 1. The van der Waals surface area contributed by atoms with Crippen LogP contribution in [0.2, 0.25) is 0 Å². The minimum absolute atomic E-state index is 0.0658. The number of fused-ring (bicyclic) bond motifs is 1. The van der Waals surface area contributed by atoms with Crippen LogP contribution in [0.3, 0.4) is 0 Å². The van der Waals surface area contributed by atoms with Crippen molar-refractivity contribution >= 4 is 27.3 Å². The largest absolute Gasteiger partial charge is 0.360 e. The summed E-state index contributed by atoms with van der Waals surface area (Å²) in [5.74, 6) is 0.784. The van der Waals surface area contributed by atoms with Gasteiger partial charge in [0.25, 0.3) is 0 Å². The highest BCUT2D eigenvalue weighted by Gasteiger charge is 2.12. The van der Waals surface area contributed by atoms with Crippen LogP contribution < -0.4 is 5.32 Å². The van der Waals surface area contributed by atoms with Gasteiger partial charge in [0.2, 0.25) is 0 Å². The van der Waals surface area contributed by atoms with Crippen molar-refractivity contribution in [2.45, 2.75) is 19.9 Å². The molecule has 3 aromatic rings. The Hall–Kier alpha value is -1.95. The second-order valence-corrected chi connectivity index (χ2v) is 5.54. The van der Waals surface area contributed by atoms with E-state index in [-0.39, 0.29) is 6.04 Å². The molecule has 0 radical (unpaired) electrons. The number of aromatic nitrogens is 4. The van der Waals surface area contributed by atoms with E-state index >= 15 is 0 Å². The minimum atomic E-state index is 0.0658. The fourth-order valence-corrected chi connectivity index (χ4v) is 2.49. The molecule has 1 atom stereocenters. The number of anilines is 1. The van der Waals surface area contributed by atoms with Crippen LogP contribution in [-0.2, 0) is 0 Å². The third-order valence-corrected chi connectivity index (χ3v) is 3.70. The van der Waals surface area contributed by atoms with Gasteiger partial charge >= 0.3 is 0 Å². The zero-order valence-electron chi connectivity index (χ0n) is 11.2. The van der Waals surface area contributed by atoms with Crippen LogP contribution in [0, 0.1) is 6.92 Å². The zero-order chi connectivity index (χ0) is 14.1. The molecule has 6 heteroatoms. The molecule has 0 spiro atoms. The molecule has 0 bridgehead atoms. The Balaban J connectivity index is 1.93. The topological polar surface area (TPSA) is 55.1 Å². The van der Waals surface area contributed by atoms with Gasteiger partial charge in [0.1, 0.15) is 5.52 Å². The molecule has 1 N–H and O–H groups in total. The molecule has 3 aromatic heterocycles. The summed E-state index contributed by atoms with van der Waals surface area (Å²) in [4.78, 5) is 8.83. The van der Waals surface area contributed by atoms with E-state index in [1.54, 1.807) is 16.9 Å². The Morgan fingerprint density at radius 1 is 1.25 bits per heavy atom. The molecule has 102 valence electrons. The van der Waals surface area contributed by atoms with Crippen molar-refractivity contribution in [3.63, 3.8) is 0 Å². The monoisotopic (exact) mass is 331 g/mol. The van der Waals surface area contributed by atoms with Crippen molar-refractivity contribution in [3.8, 4) is 0 Å². The van der Waals surface area contributed by atoms with Crippen LogP contribution in [0.1, 0.15) is 24.2 Å². The van der Waals surface area contributed by atoms with Gasteiger partial charge in [-0.15, -0.1) is 0 Å². The maximum Gasteiger partial charge on any atom is 0.153 e. The van der Waals surface area contributed by atoms with E-state index in [0.717, 1.165) is 27.1 Å². The number of nitrogens with one attached hydrogen (secondary N) is 1. The molecule has 0 saturated carbocycles. The normalized spacial score (nSPS) is 12.6. The highest BCUT2D eigenvalue weighted by molar-refractivity contribution is 9.10. The summed E-state index contributed by atoms with van der Waals surface area (Å²) in [7, 11) is 0. The van der Waals surface area contributed by atoms with Crippen molar-refractivity contribution in [3.05, 3.63) is 52.7 Å². The number of halogens is 1. The molecule has 0 aliphatic heterocycles. The van der Waals surface area contributed by atoms with Crippen molar-refractivity contribution < 1.29 is 0 Å². The van der Waals surface area contributed by atoms with E-state index < -0.39 is 0 Å². The van der Waals surface area contributed by atoms with Gasteiger partial charge in [-0.25, -0.2) is 9.50 Å². The van der Waals surface area contributed by atoms with Crippen molar-refractivity contribution in [1.29, 1.82) is 0 Å². The Morgan fingerprint density at radius 2 is 2.10 bits per heavy atom. The first-order chi connectivity index (χ1) is 9.65. The quantitative estimate of drug-likeness (QED) is 0.799. The van der Waals surface area contributed by atoms with Crippen LogP contribution in [0.4, 0.5) is 5.82 Å². The first-order valence-electron chi connectivity index (χ1n) is 6.32. The highest BCUT2D eigenvalue weighted by Crippen LogP contribution is 2.26. The summed E-state index contributed by atoms with van der Waals surface area (Å²) in [6.45, 7) is 4.09. The molecule has 5 nitrogen and oxygen atoms in total. The van der Waals surface area contributed by atoms with Crippen molar-refractivity contribution in [2.24, 2.45) is 0 Å². The summed E-state index contributed by atoms with van der Waals surface area (Å²) in [6, 6.07) is 4.15. The number of hydrogen-bond donors (Lipinski definition) is 1. The molecule has 0 aliphatic carbocycles. The average molecular weight is 332 g/mol. The Bertz CT molecular complexity index is 735. The van der Waals surface area contributed by atoms with Crippen molar-refractivity contribution in [1.82, 2.24) is 19.6 Å². The van der Waals surface area contributed by atoms with E-state index in [9.17, 15) is 0 Å². The van der Waals surface area contributed by atoms with E-state index in [4.69, 9.17) is 0 Å². The third kappa shape index (κ3) is 2.38. The van der Waals surface area contributed by atoms with E-state index in [0.29, 0.717) is 0 Å². The lowest BCUT2D eigenvalue weighted by atomic mass is 10.2. The molecule has 1 unspecified atom stereocenters. The molecule has 0 saturated heterocycles. The number of hydrogen-bond acceptors (Lipinski definition) is 4. The van der Waals surface area contributed by atoms with Gasteiger partial charge in [0.05, 0.1) is 22.4 Å². The predicted molar refractivity (Wildman–Crippen MR) is 81.7 cm³/mol. The lowest BCUT2D eigenvalue weighted by Gasteiger charge is -2.15. The van der Waals surface area contributed by atoms with Crippen LogP contribution in [0.15, 0.2) is 41.4 Å². The molecule has 0 aliphatic rings. The molecular formula is C14H14BrN5. The standard InChI is InChI=1S/C14H14BrN5/c1-9-3-4-12(17-7-9)10(2)19-14-13-11(15)8-18-20(13)6-5-16-14/h3-8,10H,1-2H3,(H,16,19). The number of rotatable bonds is 3. The van der Waals surface area contributed by atoms with Gasteiger partial charge in [0, 0.05) is 18.6 Å². The number of nitrogens with zero attached hydrogens (tertiary/aromatic N) is 4. The van der Waals surface area contributed by atoms with E-state index in [2.05, 4.69) is 49.3 Å². The third-order valence-electron chi connectivity index (χ3n) is 3.12. The Morgan fingerprint density at radius 3 is 2.85 bits per heavy atom. The molecule has 20 heavy (non-hydrogen) atoms. The Labute approximate surface area is 125 Å². The molecule has 0 fully saturated rings. The fourth-order valence-electron chi connectivity index (χ4n) is 2.03. The average Bonchev–Trinajstić information content (AvgIpc) is 2.82. The zero-order valence-corrected chi connectivity index (χ0v) is 12.8. The second kappa shape index (κ2) is 5.20. The molecule has 0 aromatic carbocycles. The second-order valence-electron chi connectivity index (χ2n) is 4.69. The van der Waals surface area contributed by atoms with Crippen LogP contribution in [0.25, 0.3) is 5.52 Å². The van der Waals surface area contributed by atoms with Crippen LogP contribution in [-0.4, -0.2) is 19.6 Å². The summed E-state index contributed by atoms with van der Waals surface area (Å²) >= 11 is 3.49. The van der Waals surface area contributed by atoms with Crippen LogP contribution in [0.5, 0.6) is 0 Å². The highest BCUT2D eigenvalue weighted by atomic mass is 79.9. The lowest BCUT2D eigenvalue weighted by molar-refractivity contribution is 0.827. The van der Waals surface area contributed by atoms with Gasteiger partial charge in [-0.3, -0.25) is 4.98 Å². The molecular weight excluding hydrogens is 318 g/mol. The van der Waals surface area contributed by atoms with Gasteiger partial charge in [-0.1, -0.05) is 6.07 Å². The SMILES string of the molecule is Cc1ccc(C(C)Nc2nccn3ncc(Br)c23)nc1. The maximum atomic E-state index is 4.44. The van der Waals surface area contributed by atoms with Gasteiger partial charge in [-0.05, 0) is 41.4 Å². The summed E-state index contributed by atoms with van der Waals surface area (Å²) in [5.41, 5.74) is 3.06. The summed E-state index contributed by atoms with van der Waals surface area (Å²) < 4.78 is 2.70. The smallest absolute Gasteiger partial charge is 0.153 e. The number of aryl methyl sites for hydroxylation is 1. The predicted octanol–water partition coefficient (Wildman–Crippen LogP) is 3.37. The van der Waals surface area contributed by atoms with Gasteiger partial charge in [0.15, 0.2) is 5.82 Å². The lowest BCUT2D eigenvalue weighted by Crippen LogP contribution is -2.10. The first-order valence-corrected chi connectivity index (χ1v) is 7.11. The maximum absolute atomic E-state index is 4.44.